The maximum Gasteiger partial charge on any atom is 0.103 e. The highest BCUT2D eigenvalue weighted by molar-refractivity contribution is 5.11. The summed E-state index contributed by atoms with van der Waals surface area (Å²) in [6.45, 7) is 2.27. The van der Waals surface area contributed by atoms with Crippen molar-refractivity contribution in [1.82, 2.24) is 0 Å². The van der Waals surface area contributed by atoms with Crippen LogP contribution in [-0.2, 0) is 0 Å². The van der Waals surface area contributed by atoms with E-state index >= 15 is 0 Å². The summed E-state index contributed by atoms with van der Waals surface area (Å²) in [5.41, 5.74) is 8.71. The second-order valence-electron chi connectivity index (χ2n) is 5.47. The number of hydrogen-bond acceptors (Lipinski definition) is 2. The van der Waals surface area contributed by atoms with Crippen molar-refractivity contribution in [2.45, 2.75) is 84.0 Å². The zero-order chi connectivity index (χ0) is 14.9. The topological polar surface area (TPSA) is 46.2 Å². The largest absolute Gasteiger partial charge is 0.513 e. The number of aliphatic hydroxyl groups excluding tert-OH is 1. The lowest BCUT2D eigenvalue weighted by Crippen LogP contribution is -1.90. The Morgan fingerprint density at radius 2 is 1.40 bits per heavy atom. The summed E-state index contributed by atoms with van der Waals surface area (Å²) < 4.78 is 0. The highest BCUT2D eigenvalue weighted by Gasteiger charge is 1.92. The highest BCUT2D eigenvalue weighted by Crippen LogP contribution is 2.11. The van der Waals surface area contributed by atoms with Crippen LogP contribution in [0.25, 0.3) is 0 Å². The van der Waals surface area contributed by atoms with Crippen molar-refractivity contribution in [3.63, 3.8) is 0 Å². The standard InChI is InChI=1S/C18H33NO/c1-2-3-4-5-6-7-8-9-10-11-12-13-14-15-16-18(19)17-20/h14,16-17,20H,2-13,19H2,1H3. The molecule has 3 N–H and O–H groups in total. The van der Waals surface area contributed by atoms with Gasteiger partial charge < -0.3 is 10.8 Å². The molecule has 0 bridgehead atoms. The average Bonchev–Trinajstić information content (AvgIpc) is 2.47. The minimum Gasteiger partial charge on any atom is -0.513 e. The molecule has 0 aromatic carbocycles. The van der Waals surface area contributed by atoms with Gasteiger partial charge in [-0.2, -0.15) is 0 Å². The Morgan fingerprint density at radius 1 is 0.900 bits per heavy atom. The van der Waals surface area contributed by atoms with Crippen LogP contribution in [0.4, 0.5) is 0 Å². The van der Waals surface area contributed by atoms with Crippen molar-refractivity contribution >= 4 is 0 Å². The second kappa shape index (κ2) is 15.9. The first kappa shape index (κ1) is 18.9. The summed E-state index contributed by atoms with van der Waals surface area (Å²) in [6, 6.07) is 0. The lowest BCUT2D eigenvalue weighted by Gasteiger charge is -2.01. The maximum absolute atomic E-state index is 8.57. The molecule has 20 heavy (non-hydrogen) atoms. The van der Waals surface area contributed by atoms with Gasteiger partial charge in [-0.1, -0.05) is 71.1 Å². The van der Waals surface area contributed by atoms with Crippen LogP contribution in [0.1, 0.15) is 84.0 Å². The monoisotopic (exact) mass is 279 g/mol. The van der Waals surface area contributed by atoms with Gasteiger partial charge in [0.25, 0.3) is 0 Å². The summed E-state index contributed by atoms with van der Waals surface area (Å²) in [6.07, 6.45) is 20.6. The first-order valence-corrected chi connectivity index (χ1v) is 8.32. The molecule has 0 radical (unpaired) electrons. The van der Waals surface area contributed by atoms with Gasteiger partial charge in [0, 0.05) is 6.08 Å². The summed E-state index contributed by atoms with van der Waals surface area (Å²) in [4.78, 5) is 0. The molecule has 0 fully saturated rings. The Kier molecular flexibility index (Phi) is 15.0. The van der Waals surface area contributed by atoms with Gasteiger partial charge in [-0.05, 0) is 18.9 Å². The molecule has 0 atom stereocenters. The lowest BCUT2D eigenvalue weighted by atomic mass is 10.1. The molecule has 116 valence electrons. The SMILES string of the molecule is CCCCCCCCCCCCCC=C=CC(N)=CO. The number of aliphatic hydroxyl groups is 1. The Balaban J connectivity index is 3.19. The fourth-order valence-corrected chi connectivity index (χ4v) is 2.19. The molecular weight excluding hydrogens is 246 g/mol. The van der Waals surface area contributed by atoms with Gasteiger partial charge in [-0.3, -0.25) is 0 Å². The second-order valence-corrected chi connectivity index (χ2v) is 5.47. The van der Waals surface area contributed by atoms with Crippen LogP contribution in [0.2, 0.25) is 0 Å². The summed E-state index contributed by atoms with van der Waals surface area (Å²) in [5, 5.41) is 8.57. The maximum atomic E-state index is 8.57. The number of allylic oxidation sites excluding steroid dienone is 1. The van der Waals surface area contributed by atoms with E-state index in [1.165, 1.54) is 70.6 Å². The summed E-state index contributed by atoms with van der Waals surface area (Å²) in [5.74, 6) is 0. The first-order chi connectivity index (χ1) is 9.81. The van der Waals surface area contributed by atoms with Crippen LogP contribution < -0.4 is 5.73 Å². The molecule has 0 aliphatic carbocycles. The van der Waals surface area contributed by atoms with E-state index < -0.39 is 0 Å². The van der Waals surface area contributed by atoms with E-state index in [9.17, 15) is 0 Å². The zero-order valence-electron chi connectivity index (χ0n) is 13.2. The van der Waals surface area contributed by atoms with Gasteiger partial charge in [0.1, 0.15) is 6.26 Å². The fourth-order valence-electron chi connectivity index (χ4n) is 2.19. The molecule has 0 spiro atoms. The third-order valence-electron chi connectivity index (χ3n) is 3.47. The molecule has 0 aromatic heterocycles. The van der Waals surface area contributed by atoms with E-state index in [0.29, 0.717) is 5.70 Å². The van der Waals surface area contributed by atoms with E-state index in [1.807, 2.05) is 6.08 Å². The number of nitrogens with two attached hydrogens (primary N) is 1. The normalized spacial score (nSPS) is 11.2. The predicted octanol–water partition coefficient (Wildman–Crippen LogP) is 5.76. The molecular formula is C18H33NO. The third kappa shape index (κ3) is 14.9. The first-order valence-electron chi connectivity index (χ1n) is 8.32. The van der Waals surface area contributed by atoms with Crippen LogP contribution in [0.5, 0.6) is 0 Å². The Morgan fingerprint density at radius 3 is 1.90 bits per heavy atom. The molecule has 0 aliphatic heterocycles. The van der Waals surface area contributed by atoms with Gasteiger partial charge in [0.15, 0.2) is 0 Å². The van der Waals surface area contributed by atoms with Gasteiger partial charge >= 0.3 is 0 Å². The summed E-state index contributed by atoms with van der Waals surface area (Å²) >= 11 is 0. The molecule has 0 saturated heterocycles. The average molecular weight is 279 g/mol. The van der Waals surface area contributed by atoms with E-state index in [1.54, 1.807) is 6.08 Å². The molecule has 2 nitrogen and oxygen atoms in total. The van der Waals surface area contributed by atoms with Crippen molar-refractivity contribution < 1.29 is 5.11 Å². The lowest BCUT2D eigenvalue weighted by molar-refractivity contribution is 0.468. The molecule has 0 amide bonds. The van der Waals surface area contributed by atoms with Crippen LogP contribution in [0, 0.1) is 0 Å². The molecule has 2 heteroatoms. The summed E-state index contributed by atoms with van der Waals surface area (Å²) in [7, 11) is 0. The molecule has 0 saturated carbocycles. The van der Waals surface area contributed by atoms with Gasteiger partial charge in [-0.25, -0.2) is 0 Å². The zero-order valence-corrected chi connectivity index (χ0v) is 13.2. The van der Waals surface area contributed by atoms with Crippen LogP contribution >= 0.6 is 0 Å². The quantitative estimate of drug-likeness (QED) is 0.195. The predicted molar refractivity (Wildman–Crippen MR) is 88.6 cm³/mol. The van der Waals surface area contributed by atoms with Crippen molar-refractivity contribution in [3.05, 3.63) is 29.8 Å². The Hall–Kier alpha value is -1.14. The van der Waals surface area contributed by atoms with E-state index in [2.05, 4.69) is 12.7 Å². The van der Waals surface area contributed by atoms with E-state index in [-0.39, 0.29) is 0 Å². The fraction of sp³-hybridized carbons (Fsp3) is 0.722. The molecule has 0 aromatic rings. The van der Waals surface area contributed by atoms with Crippen molar-refractivity contribution in [2.75, 3.05) is 0 Å². The van der Waals surface area contributed by atoms with Gasteiger partial charge in [0.05, 0.1) is 5.70 Å². The van der Waals surface area contributed by atoms with Crippen LogP contribution in [0.15, 0.2) is 29.8 Å². The number of rotatable bonds is 13. The number of hydrogen-bond donors (Lipinski definition) is 2. The van der Waals surface area contributed by atoms with Crippen LogP contribution in [-0.4, -0.2) is 5.11 Å². The minimum atomic E-state index is 0.347. The van der Waals surface area contributed by atoms with Crippen molar-refractivity contribution in [3.8, 4) is 0 Å². The Bertz CT molecular complexity index is 288. The molecule has 0 unspecified atom stereocenters. The van der Waals surface area contributed by atoms with E-state index in [4.69, 9.17) is 10.8 Å². The van der Waals surface area contributed by atoms with Gasteiger partial charge in [-0.15, -0.1) is 5.73 Å². The Labute approximate surface area is 125 Å². The smallest absolute Gasteiger partial charge is 0.103 e. The van der Waals surface area contributed by atoms with E-state index in [0.717, 1.165) is 12.7 Å². The van der Waals surface area contributed by atoms with Crippen molar-refractivity contribution in [2.24, 2.45) is 5.73 Å². The van der Waals surface area contributed by atoms with Crippen LogP contribution in [0.3, 0.4) is 0 Å². The molecule has 0 rings (SSSR count). The molecule has 0 aliphatic rings. The minimum absolute atomic E-state index is 0.347. The molecule has 0 heterocycles. The number of unbranched alkanes of at least 4 members (excludes halogenated alkanes) is 11. The highest BCUT2D eigenvalue weighted by atomic mass is 16.2. The van der Waals surface area contributed by atoms with Gasteiger partial charge in [0.2, 0.25) is 0 Å². The van der Waals surface area contributed by atoms with Crippen molar-refractivity contribution in [1.29, 1.82) is 0 Å². The third-order valence-corrected chi connectivity index (χ3v) is 3.47.